The minimum Gasteiger partial charge on any atom is -0.394 e. The summed E-state index contributed by atoms with van der Waals surface area (Å²) in [5.74, 6) is 0.689. The van der Waals surface area contributed by atoms with Crippen LogP contribution in [-0.4, -0.2) is 45.0 Å². The first-order valence-corrected chi connectivity index (χ1v) is 8.02. The van der Waals surface area contributed by atoms with Crippen molar-refractivity contribution in [1.29, 1.82) is 0 Å². The maximum atomic E-state index is 12.4. The van der Waals surface area contributed by atoms with Gasteiger partial charge in [-0.1, -0.05) is 30.3 Å². The first-order valence-electron chi connectivity index (χ1n) is 8.02. The molecular formula is C17H22N4O2. The summed E-state index contributed by atoms with van der Waals surface area (Å²) in [5.41, 5.74) is 1.24. The molecule has 6 nitrogen and oxygen atoms in total. The van der Waals surface area contributed by atoms with Crippen molar-refractivity contribution in [2.75, 3.05) is 18.5 Å². The van der Waals surface area contributed by atoms with Gasteiger partial charge in [-0.15, -0.1) is 0 Å². The van der Waals surface area contributed by atoms with Gasteiger partial charge >= 0.3 is 6.03 Å². The number of hydrogen-bond donors (Lipinski definition) is 2. The van der Waals surface area contributed by atoms with E-state index in [4.69, 9.17) is 0 Å². The van der Waals surface area contributed by atoms with Gasteiger partial charge in [-0.2, -0.15) is 5.10 Å². The highest BCUT2D eigenvalue weighted by molar-refractivity contribution is 5.88. The van der Waals surface area contributed by atoms with E-state index in [1.54, 1.807) is 21.8 Å². The highest BCUT2D eigenvalue weighted by atomic mass is 16.3. The number of nitrogens with one attached hydrogen (secondary N) is 1. The number of aliphatic hydroxyl groups excluding tert-OH is 1. The molecule has 0 saturated carbocycles. The van der Waals surface area contributed by atoms with Crippen molar-refractivity contribution in [3.05, 3.63) is 48.2 Å². The van der Waals surface area contributed by atoms with E-state index in [9.17, 15) is 9.90 Å². The van der Waals surface area contributed by atoms with Crippen LogP contribution in [0.4, 0.5) is 10.6 Å². The van der Waals surface area contributed by atoms with Crippen LogP contribution >= 0.6 is 0 Å². The highest BCUT2D eigenvalue weighted by Gasteiger charge is 2.28. The number of nitrogens with zero attached hydrogens (tertiary/aromatic N) is 3. The van der Waals surface area contributed by atoms with Crippen LogP contribution in [0.1, 0.15) is 18.4 Å². The van der Waals surface area contributed by atoms with E-state index in [2.05, 4.69) is 22.5 Å². The zero-order valence-corrected chi connectivity index (χ0v) is 13.1. The molecular weight excluding hydrogens is 292 g/mol. The quantitative estimate of drug-likeness (QED) is 0.888. The van der Waals surface area contributed by atoms with Gasteiger partial charge in [0.15, 0.2) is 0 Å². The number of aromatic nitrogens is 2. The molecule has 122 valence electrons. The second kappa shape index (κ2) is 7.28. The third-order valence-corrected chi connectivity index (χ3v) is 4.26. The van der Waals surface area contributed by atoms with Crippen molar-refractivity contribution >= 4 is 11.8 Å². The molecule has 1 fully saturated rings. The second-order valence-corrected chi connectivity index (χ2v) is 5.78. The molecule has 2 amide bonds. The summed E-state index contributed by atoms with van der Waals surface area (Å²) in [6.07, 6.45) is 4.34. The van der Waals surface area contributed by atoms with E-state index < -0.39 is 0 Å². The third-order valence-electron chi connectivity index (χ3n) is 4.26. The molecule has 1 aliphatic heterocycles. The molecule has 0 spiro atoms. The van der Waals surface area contributed by atoms with E-state index in [0.29, 0.717) is 18.9 Å². The van der Waals surface area contributed by atoms with Crippen LogP contribution in [0, 0.1) is 0 Å². The minimum atomic E-state index is -0.164. The van der Waals surface area contributed by atoms with E-state index >= 15 is 0 Å². The number of aryl methyl sites for hydroxylation is 2. The molecule has 1 aromatic carbocycles. The summed E-state index contributed by atoms with van der Waals surface area (Å²) >= 11 is 0. The van der Waals surface area contributed by atoms with Gasteiger partial charge in [0.1, 0.15) is 5.82 Å². The Morgan fingerprint density at radius 2 is 2.13 bits per heavy atom. The van der Waals surface area contributed by atoms with Crippen LogP contribution in [0.5, 0.6) is 0 Å². The number of amides is 2. The first-order chi connectivity index (χ1) is 11.3. The summed E-state index contributed by atoms with van der Waals surface area (Å²) in [6, 6.07) is 11.8. The first kappa shape index (κ1) is 15.6. The van der Waals surface area contributed by atoms with E-state index in [1.165, 1.54) is 5.56 Å². The van der Waals surface area contributed by atoms with E-state index in [-0.39, 0.29) is 18.7 Å². The average Bonchev–Trinajstić information content (AvgIpc) is 3.22. The Kier molecular flexibility index (Phi) is 4.92. The van der Waals surface area contributed by atoms with Gasteiger partial charge in [0.25, 0.3) is 0 Å². The molecule has 0 radical (unpaired) electrons. The van der Waals surface area contributed by atoms with Crippen LogP contribution < -0.4 is 5.32 Å². The monoisotopic (exact) mass is 314 g/mol. The van der Waals surface area contributed by atoms with Crippen LogP contribution in [0.3, 0.4) is 0 Å². The largest absolute Gasteiger partial charge is 0.394 e. The summed E-state index contributed by atoms with van der Waals surface area (Å²) in [4.78, 5) is 14.1. The van der Waals surface area contributed by atoms with Crippen molar-refractivity contribution in [2.45, 2.75) is 31.8 Å². The number of aliphatic hydroxyl groups is 1. The molecule has 0 aliphatic carbocycles. The molecule has 1 aliphatic rings. The van der Waals surface area contributed by atoms with Gasteiger partial charge < -0.3 is 10.0 Å². The summed E-state index contributed by atoms with van der Waals surface area (Å²) in [7, 11) is 0. The zero-order valence-electron chi connectivity index (χ0n) is 13.1. The Hall–Kier alpha value is -2.34. The summed E-state index contributed by atoms with van der Waals surface area (Å²) in [5, 5.41) is 16.5. The molecule has 2 N–H and O–H groups in total. The molecule has 2 aromatic rings. The summed E-state index contributed by atoms with van der Waals surface area (Å²) < 4.78 is 1.80. The fourth-order valence-corrected chi connectivity index (χ4v) is 2.97. The van der Waals surface area contributed by atoms with Crippen LogP contribution in [0.25, 0.3) is 0 Å². The SMILES string of the molecule is O=C(Nc1ccnn1CCc1ccccc1)N1CCC[C@@H]1CO. The Morgan fingerprint density at radius 3 is 2.91 bits per heavy atom. The maximum absolute atomic E-state index is 12.4. The lowest BCUT2D eigenvalue weighted by Gasteiger charge is -2.23. The van der Waals surface area contributed by atoms with Crippen molar-refractivity contribution in [1.82, 2.24) is 14.7 Å². The zero-order chi connectivity index (χ0) is 16.1. The predicted molar refractivity (Wildman–Crippen MR) is 88.2 cm³/mol. The lowest BCUT2D eigenvalue weighted by Crippen LogP contribution is -2.40. The van der Waals surface area contributed by atoms with E-state index in [1.807, 2.05) is 18.2 Å². The molecule has 1 saturated heterocycles. The van der Waals surface area contributed by atoms with Crippen molar-refractivity contribution in [3.8, 4) is 0 Å². The molecule has 6 heteroatoms. The Labute approximate surface area is 135 Å². The molecule has 3 rings (SSSR count). The highest BCUT2D eigenvalue weighted by Crippen LogP contribution is 2.18. The fraction of sp³-hybridized carbons (Fsp3) is 0.412. The number of urea groups is 1. The van der Waals surface area contributed by atoms with Gasteiger partial charge in [-0.25, -0.2) is 9.48 Å². The van der Waals surface area contributed by atoms with Gasteiger partial charge in [0.05, 0.1) is 18.8 Å². The van der Waals surface area contributed by atoms with Gasteiger partial charge in [-0.05, 0) is 24.8 Å². The Bertz CT molecular complexity index is 641. The van der Waals surface area contributed by atoms with Gasteiger partial charge in [0.2, 0.25) is 0 Å². The normalized spacial score (nSPS) is 17.4. The van der Waals surface area contributed by atoms with Crippen LogP contribution in [0.15, 0.2) is 42.6 Å². The van der Waals surface area contributed by atoms with Crippen molar-refractivity contribution < 1.29 is 9.90 Å². The lowest BCUT2D eigenvalue weighted by atomic mass is 10.1. The van der Waals surface area contributed by atoms with Crippen LogP contribution in [-0.2, 0) is 13.0 Å². The van der Waals surface area contributed by atoms with Crippen LogP contribution in [0.2, 0.25) is 0 Å². The smallest absolute Gasteiger partial charge is 0.323 e. The molecule has 0 bridgehead atoms. The van der Waals surface area contributed by atoms with Crippen molar-refractivity contribution in [2.24, 2.45) is 0 Å². The Morgan fingerprint density at radius 1 is 1.30 bits per heavy atom. The maximum Gasteiger partial charge on any atom is 0.323 e. The van der Waals surface area contributed by atoms with Gasteiger partial charge in [-0.3, -0.25) is 5.32 Å². The molecule has 2 heterocycles. The predicted octanol–water partition coefficient (Wildman–Crippen LogP) is 2.11. The van der Waals surface area contributed by atoms with E-state index in [0.717, 1.165) is 19.3 Å². The number of hydrogen-bond acceptors (Lipinski definition) is 3. The number of likely N-dealkylation sites (tertiary alicyclic amines) is 1. The molecule has 23 heavy (non-hydrogen) atoms. The topological polar surface area (TPSA) is 70.4 Å². The number of carbonyl (C=O) groups is 1. The average molecular weight is 314 g/mol. The van der Waals surface area contributed by atoms with Crippen molar-refractivity contribution in [3.63, 3.8) is 0 Å². The Balaban J connectivity index is 1.61. The lowest BCUT2D eigenvalue weighted by molar-refractivity contribution is 0.166. The second-order valence-electron chi connectivity index (χ2n) is 5.78. The van der Waals surface area contributed by atoms with Gasteiger partial charge in [0, 0.05) is 19.2 Å². The third kappa shape index (κ3) is 3.71. The number of anilines is 1. The number of rotatable bonds is 5. The molecule has 1 aromatic heterocycles. The molecule has 0 unspecified atom stereocenters. The number of carbonyl (C=O) groups excluding carboxylic acids is 1. The number of benzene rings is 1. The molecule has 1 atom stereocenters. The fourth-order valence-electron chi connectivity index (χ4n) is 2.97. The summed E-state index contributed by atoms with van der Waals surface area (Å²) in [6.45, 7) is 1.41. The minimum absolute atomic E-state index is 0.0146. The standard InChI is InChI=1S/C17H22N4O2/c22-13-15-7-4-11-20(15)17(23)19-16-8-10-18-21(16)12-9-14-5-2-1-3-6-14/h1-3,5-6,8,10,15,22H,4,7,9,11-13H2,(H,19,23)/t15-/m1/s1.